The molecule has 1 atom stereocenters. The zero-order valence-corrected chi connectivity index (χ0v) is 14.1. The van der Waals surface area contributed by atoms with Crippen LogP contribution < -0.4 is 10.6 Å². The van der Waals surface area contributed by atoms with Crippen molar-refractivity contribution in [1.82, 2.24) is 15.6 Å². The number of fused-ring (bicyclic) bond motifs is 3. The molecule has 2 aromatic rings. The third kappa shape index (κ3) is 2.88. The lowest BCUT2D eigenvalue weighted by Crippen LogP contribution is -2.52. The molecular weight excluding hydrogens is 302 g/mol. The smallest absolute Gasteiger partial charge is 0.315 e. The first-order valence-corrected chi connectivity index (χ1v) is 8.89. The maximum atomic E-state index is 12.1. The fraction of sp³-hybridized carbons (Fsp3) is 0.526. The Labute approximate surface area is 141 Å². The SMILES string of the molecule is Cc1ccc2[nH]c3c(c2c1)CC(NC(=O)NCC1(O)CCC1)CC3. The van der Waals surface area contributed by atoms with Crippen LogP contribution in [0.1, 0.15) is 42.5 Å². The first kappa shape index (κ1) is 15.5. The number of benzene rings is 1. The Hall–Kier alpha value is -2.01. The zero-order chi connectivity index (χ0) is 16.7. The van der Waals surface area contributed by atoms with Gasteiger partial charge in [0.1, 0.15) is 0 Å². The van der Waals surface area contributed by atoms with Crippen molar-refractivity contribution in [3.8, 4) is 0 Å². The highest BCUT2D eigenvalue weighted by Crippen LogP contribution is 2.31. The average Bonchev–Trinajstić information content (AvgIpc) is 2.88. The van der Waals surface area contributed by atoms with Gasteiger partial charge in [-0.05, 0) is 63.1 Å². The van der Waals surface area contributed by atoms with Gasteiger partial charge in [0.05, 0.1) is 5.60 Å². The molecule has 1 unspecified atom stereocenters. The van der Waals surface area contributed by atoms with Gasteiger partial charge in [-0.2, -0.15) is 0 Å². The molecule has 4 rings (SSSR count). The molecule has 24 heavy (non-hydrogen) atoms. The molecule has 0 bridgehead atoms. The van der Waals surface area contributed by atoms with Gasteiger partial charge >= 0.3 is 6.03 Å². The summed E-state index contributed by atoms with van der Waals surface area (Å²) < 4.78 is 0. The molecule has 1 aromatic heterocycles. The van der Waals surface area contributed by atoms with Crippen LogP contribution in [0.5, 0.6) is 0 Å². The molecule has 0 saturated heterocycles. The number of aromatic amines is 1. The fourth-order valence-electron chi connectivity index (χ4n) is 3.90. The molecule has 5 nitrogen and oxygen atoms in total. The standard InChI is InChI=1S/C19H25N3O2/c1-12-3-5-16-14(9-12)15-10-13(4-6-17(15)22-16)21-18(23)20-11-19(24)7-2-8-19/h3,5,9,13,22,24H,2,4,6-8,10-11H2,1H3,(H2,20,21,23). The Morgan fingerprint density at radius 2 is 2.25 bits per heavy atom. The number of aromatic nitrogens is 1. The van der Waals surface area contributed by atoms with Crippen molar-refractivity contribution in [2.75, 3.05) is 6.54 Å². The summed E-state index contributed by atoms with van der Waals surface area (Å²) in [4.78, 5) is 15.6. The van der Waals surface area contributed by atoms with Gasteiger partial charge in [-0.1, -0.05) is 11.6 Å². The molecule has 1 heterocycles. The summed E-state index contributed by atoms with van der Waals surface area (Å²) >= 11 is 0. The molecule has 1 saturated carbocycles. The molecule has 1 aromatic carbocycles. The molecule has 4 N–H and O–H groups in total. The quantitative estimate of drug-likeness (QED) is 0.699. The fourth-order valence-corrected chi connectivity index (χ4v) is 3.90. The molecule has 0 spiro atoms. The Balaban J connectivity index is 1.41. The first-order valence-electron chi connectivity index (χ1n) is 8.89. The number of hydrogen-bond acceptors (Lipinski definition) is 2. The minimum atomic E-state index is -0.675. The third-order valence-electron chi connectivity index (χ3n) is 5.54. The van der Waals surface area contributed by atoms with Crippen LogP contribution in [-0.4, -0.2) is 34.3 Å². The number of rotatable bonds is 3. The summed E-state index contributed by atoms with van der Waals surface area (Å²) in [5, 5.41) is 17.2. The maximum absolute atomic E-state index is 12.1. The summed E-state index contributed by atoms with van der Waals surface area (Å²) in [5.41, 5.74) is 4.40. The normalized spacial score (nSPS) is 21.8. The second-order valence-electron chi connectivity index (χ2n) is 7.48. The van der Waals surface area contributed by atoms with E-state index in [0.29, 0.717) is 6.54 Å². The van der Waals surface area contributed by atoms with Gasteiger partial charge in [0.25, 0.3) is 0 Å². The summed E-state index contributed by atoms with van der Waals surface area (Å²) in [6.07, 6.45) is 5.37. The van der Waals surface area contributed by atoms with Gasteiger partial charge in [-0.15, -0.1) is 0 Å². The van der Waals surface area contributed by atoms with Crippen molar-refractivity contribution in [3.05, 3.63) is 35.0 Å². The van der Waals surface area contributed by atoms with Crippen LogP contribution in [0.4, 0.5) is 4.79 Å². The third-order valence-corrected chi connectivity index (χ3v) is 5.54. The molecular formula is C19H25N3O2. The second-order valence-corrected chi connectivity index (χ2v) is 7.48. The van der Waals surface area contributed by atoms with Gasteiger partial charge in [-0.3, -0.25) is 0 Å². The molecule has 128 valence electrons. The van der Waals surface area contributed by atoms with Crippen LogP contribution in [0.3, 0.4) is 0 Å². The summed E-state index contributed by atoms with van der Waals surface area (Å²) in [6.45, 7) is 2.46. The minimum Gasteiger partial charge on any atom is -0.388 e. The van der Waals surface area contributed by atoms with Crippen molar-refractivity contribution >= 4 is 16.9 Å². The summed E-state index contributed by atoms with van der Waals surface area (Å²) in [7, 11) is 0. The van der Waals surface area contributed by atoms with Gasteiger partial charge in [0, 0.05) is 29.2 Å². The molecule has 1 fully saturated rings. The number of amides is 2. The molecule has 2 aliphatic carbocycles. The van der Waals surface area contributed by atoms with E-state index >= 15 is 0 Å². The molecule has 5 heteroatoms. The van der Waals surface area contributed by atoms with Crippen molar-refractivity contribution in [2.24, 2.45) is 0 Å². The lowest BCUT2D eigenvalue weighted by molar-refractivity contribution is -0.0290. The van der Waals surface area contributed by atoms with Crippen molar-refractivity contribution in [3.63, 3.8) is 0 Å². The van der Waals surface area contributed by atoms with Crippen LogP contribution >= 0.6 is 0 Å². The molecule has 2 aliphatic rings. The lowest BCUT2D eigenvalue weighted by atomic mass is 9.80. The molecule has 0 aliphatic heterocycles. The maximum Gasteiger partial charge on any atom is 0.315 e. The van der Waals surface area contributed by atoms with E-state index in [1.54, 1.807) is 0 Å². The minimum absolute atomic E-state index is 0.146. The van der Waals surface area contributed by atoms with E-state index in [0.717, 1.165) is 38.5 Å². The van der Waals surface area contributed by atoms with Gasteiger partial charge in [0.15, 0.2) is 0 Å². The Kier molecular flexibility index (Phi) is 3.76. The number of urea groups is 1. The average molecular weight is 327 g/mol. The zero-order valence-electron chi connectivity index (χ0n) is 14.1. The van der Waals surface area contributed by atoms with Crippen LogP contribution in [0.15, 0.2) is 18.2 Å². The van der Waals surface area contributed by atoms with E-state index in [1.807, 2.05) is 0 Å². The van der Waals surface area contributed by atoms with E-state index in [1.165, 1.54) is 27.7 Å². The highest BCUT2D eigenvalue weighted by molar-refractivity contribution is 5.86. The molecule has 2 amide bonds. The predicted molar refractivity (Wildman–Crippen MR) is 94.2 cm³/mol. The first-order chi connectivity index (χ1) is 11.5. The van der Waals surface area contributed by atoms with E-state index in [4.69, 9.17) is 0 Å². The highest BCUT2D eigenvalue weighted by atomic mass is 16.3. The van der Waals surface area contributed by atoms with E-state index in [2.05, 4.69) is 40.7 Å². The number of carbonyl (C=O) groups excluding carboxylic acids is 1. The van der Waals surface area contributed by atoms with Crippen molar-refractivity contribution in [1.29, 1.82) is 0 Å². The number of hydrogen-bond donors (Lipinski definition) is 4. The van der Waals surface area contributed by atoms with Crippen LogP contribution in [-0.2, 0) is 12.8 Å². The summed E-state index contributed by atoms with van der Waals surface area (Å²) in [5.74, 6) is 0. The van der Waals surface area contributed by atoms with Gasteiger partial charge in [-0.25, -0.2) is 4.79 Å². The lowest BCUT2D eigenvalue weighted by Gasteiger charge is -2.36. The van der Waals surface area contributed by atoms with E-state index in [-0.39, 0.29) is 12.1 Å². The van der Waals surface area contributed by atoms with Gasteiger partial charge < -0.3 is 20.7 Å². The predicted octanol–water partition coefficient (Wildman–Crippen LogP) is 2.55. The highest BCUT2D eigenvalue weighted by Gasteiger charge is 2.34. The second kappa shape index (κ2) is 5.81. The van der Waals surface area contributed by atoms with Crippen LogP contribution in [0.25, 0.3) is 10.9 Å². The van der Waals surface area contributed by atoms with E-state index in [9.17, 15) is 9.90 Å². The van der Waals surface area contributed by atoms with E-state index < -0.39 is 5.60 Å². The number of carbonyl (C=O) groups is 1. The van der Waals surface area contributed by atoms with Crippen molar-refractivity contribution in [2.45, 2.75) is 57.1 Å². The Morgan fingerprint density at radius 1 is 1.42 bits per heavy atom. The number of H-pyrrole nitrogens is 1. The van der Waals surface area contributed by atoms with Crippen LogP contribution in [0.2, 0.25) is 0 Å². The topological polar surface area (TPSA) is 77.2 Å². The number of nitrogens with one attached hydrogen (secondary N) is 3. The Morgan fingerprint density at radius 3 is 3.00 bits per heavy atom. The largest absolute Gasteiger partial charge is 0.388 e. The van der Waals surface area contributed by atoms with Crippen LogP contribution in [0, 0.1) is 6.92 Å². The number of aryl methyl sites for hydroxylation is 2. The number of aliphatic hydroxyl groups is 1. The molecule has 0 radical (unpaired) electrons. The Bertz CT molecular complexity index is 776. The van der Waals surface area contributed by atoms with Crippen molar-refractivity contribution < 1.29 is 9.90 Å². The summed E-state index contributed by atoms with van der Waals surface area (Å²) in [6, 6.07) is 6.46. The monoisotopic (exact) mass is 327 g/mol. The van der Waals surface area contributed by atoms with Gasteiger partial charge in [0.2, 0.25) is 0 Å².